The van der Waals surface area contributed by atoms with Crippen LogP contribution in [0.3, 0.4) is 0 Å². The van der Waals surface area contributed by atoms with Gasteiger partial charge in [-0.05, 0) is 39.0 Å². The molecule has 0 aliphatic carbocycles. The first-order chi connectivity index (χ1) is 8.18. The maximum Gasteiger partial charge on any atom is 0.0107 e. The van der Waals surface area contributed by atoms with Gasteiger partial charge in [-0.3, -0.25) is 0 Å². The van der Waals surface area contributed by atoms with E-state index in [0.29, 0.717) is 0 Å². The Morgan fingerprint density at radius 1 is 1.12 bits per heavy atom. The standard InChI is InChI=1S/C13H25N3S/c1-15(2)10-11-16(3)9-8-14-7-6-13-5-4-12-17-13/h4-5,12,14H,6-11H2,1-3H3. The van der Waals surface area contributed by atoms with Gasteiger partial charge in [-0.1, -0.05) is 6.07 Å². The monoisotopic (exact) mass is 255 g/mol. The van der Waals surface area contributed by atoms with Crippen LogP contribution >= 0.6 is 11.3 Å². The van der Waals surface area contributed by atoms with Crippen LogP contribution in [0.5, 0.6) is 0 Å². The lowest BCUT2D eigenvalue weighted by Crippen LogP contribution is -2.34. The maximum atomic E-state index is 3.49. The summed E-state index contributed by atoms with van der Waals surface area (Å²) < 4.78 is 0. The van der Waals surface area contributed by atoms with Crippen LogP contribution in [0.25, 0.3) is 0 Å². The second kappa shape index (κ2) is 8.64. The lowest BCUT2D eigenvalue weighted by Gasteiger charge is -2.19. The van der Waals surface area contributed by atoms with Gasteiger partial charge in [0.15, 0.2) is 0 Å². The van der Waals surface area contributed by atoms with E-state index in [4.69, 9.17) is 0 Å². The van der Waals surface area contributed by atoms with Crippen molar-refractivity contribution in [2.75, 3.05) is 53.9 Å². The number of rotatable bonds is 9. The van der Waals surface area contributed by atoms with Gasteiger partial charge in [0.05, 0.1) is 0 Å². The summed E-state index contributed by atoms with van der Waals surface area (Å²) in [7, 11) is 6.42. The average Bonchev–Trinajstić information content (AvgIpc) is 2.79. The van der Waals surface area contributed by atoms with Crippen molar-refractivity contribution >= 4 is 11.3 Å². The molecule has 0 amide bonds. The van der Waals surface area contributed by atoms with Crippen LogP contribution in [0.2, 0.25) is 0 Å². The Labute approximate surface area is 109 Å². The third-order valence-electron chi connectivity index (χ3n) is 2.73. The lowest BCUT2D eigenvalue weighted by molar-refractivity contribution is 0.282. The molecule has 0 aromatic carbocycles. The van der Waals surface area contributed by atoms with E-state index in [9.17, 15) is 0 Å². The number of likely N-dealkylation sites (N-methyl/N-ethyl adjacent to an activating group) is 2. The average molecular weight is 255 g/mol. The molecule has 0 atom stereocenters. The predicted molar refractivity (Wildman–Crippen MR) is 76.9 cm³/mol. The van der Waals surface area contributed by atoms with Crippen molar-refractivity contribution < 1.29 is 0 Å². The minimum atomic E-state index is 1.08. The summed E-state index contributed by atoms with van der Waals surface area (Å²) in [6.07, 6.45) is 1.15. The van der Waals surface area contributed by atoms with E-state index in [0.717, 1.165) is 39.1 Å². The van der Waals surface area contributed by atoms with Crippen LogP contribution in [0.1, 0.15) is 4.88 Å². The number of hydrogen-bond donors (Lipinski definition) is 1. The van der Waals surface area contributed by atoms with Gasteiger partial charge >= 0.3 is 0 Å². The Morgan fingerprint density at radius 3 is 2.59 bits per heavy atom. The molecule has 0 aliphatic rings. The van der Waals surface area contributed by atoms with Crippen molar-refractivity contribution in [3.8, 4) is 0 Å². The van der Waals surface area contributed by atoms with Crippen LogP contribution in [-0.4, -0.2) is 63.7 Å². The number of hydrogen-bond acceptors (Lipinski definition) is 4. The zero-order chi connectivity index (χ0) is 12.5. The fourth-order valence-corrected chi connectivity index (χ4v) is 2.25. The Morgan fingerprint density at radius 2 is 1.94 bits per heavy atom. The molecule has 0 unspecified atom stereocenters. The van der Waals surface area contributed by atoms with Crippen molar-refractivity contribution in [3.63, 3.8) is 0 Å². The van der Waals surface area contributed by atoms with Crippen LogP contribution in [-0.2, 0) is 6.42 Å². The summed E-state index contributed by atoms with van der Waals surface area (Å²) in [5, 5.41) is 5.64. The van der Waals surface area contributed by atoms with Crippen LogP contribution in [0, 0.1) is 0 Å². The maximum absolute atomic E-state index is 3.49. The molecule has 4 heteroatoms. The highest BCUT2D eigenvalue weighted by molar-refractivity contribution is 7.09. The molecule has 1 aromatic heterocycles. The highest BCUT2D eigenvalue weighted by atomic mass is 32.1. The smallest absolute Gasteiger partial charge is 0.0107 e. The molecule has 98 valence electrons. The van der Waals surface area contributed by atoms with Gasteiger partial charge in [-0.2, -0.15) is 0 Å². The Balaban J connectivity index is 1.93. The first kappa shape index (κ1) is 14.6. The highest BCUT2D eigenvalue weighted by Gasteiger charge is 1.99. The van der Waals surface area contributed by atoms with Gasteiger partial charge in [-0.15, -0.1) is 11.3 Å². The van der Waals surface area contributed by atoms with Gasteiger partial charge in [0.1, 0.15) is 0 Å². The molecule has 0 spiro atoms. The summed E-state index contributed by atoms with van der Waals surface area (Å²) in [6.45, 7) is 5.56. The molecule has 0 fully saturated rings. The second-order valence-corrected chi connectivity index (χ2v) is 5.72. The molecule has 0 bridgehead atoms. The quantitative estimate of drug-likeness (QED) is 0.673. The van der Waals surface area contributed by atoms with E-state index in [2.05, 4.69) is 53.8 Å². The van der Waals surface area contributed by atoms with Gasteiger partial charge in [0, 0.05) is 37.6 Å². The van der Waals surface area contributed by atoms with Gasteiger partial charge in [0.25, 0.3) is 0 Å². The largest absolute Gasteiger partial charge is 0.315 e. The zero-order valence-electron chi connectivity index (χ0n) is 11.3. The number of nitrogens with one attached hydrogen (secondary N) is 1. The molecular weight excluding hydrogens is 230 g/mol. The zero-order valence-corrected chi connectivity index (χ0v) is 12.1. The van der Waals surface area contributed by atoms with Gasteiger partial charge in [-0.25, -0.2) is 0 Å². The minimum absolute atomic E-state index is 1.08. The first-order valence-electron chi connectivity index (χ1n) is 6.25. The van der Waals surface area contributed by atoms with Gasteiger partial charge < -0.3 is 15.1 Å². The SMILES string of the molecule is CN(C)CCN(C)CCNCCc1cccs1. The molecule has 1 N–H and O–H groups in total. The number of nitrogens with zero attached hydrogens (tertiary/aromatic N) is 2. The fraction of sp³-hybridized carbons (Fsp3) is 0.692. The lowest BCUT2D eigenvalue weighted by atomic mass is 10.3. The van der Waals surface area contributed by atoms with E-state index in [1.165, 1.54) is 4.88 Å². The summed E-state index contributed by atoms with van der Waals surface area (Å²) in [4.78, 5) is 6.07. The van der Waals surface area contributed by atoms with Crippen molar-refractivity contribution in [3.05, 3.63) is 22.4 Å². The highest BCUT2D eigenvalue weighted by Crippen LogP contribution is 2.07. The molecule has 17 heavy (non-hydrogen) atoms. The van der Waals surface area contributed by atoms with Crippen LogP contribution in [0.15, 0.2) is 17.5 Å². The Kier molecular flexibility index (Phi) is 7.44. The first-order valence-corrected chi connectivity index (χ1v) is 7.13. The molecule has 0 aliphatic heterocycles. The molecular formula is C13H25N3S. The van der Waals surface area contributed by atoms with Crippen molar-refractivity contribution in [1.29, 1.82) is 0 Å². The third-order valence-corrected chi connectivity index (χ3v) is 3.66. The van der Waals surface area contributed by atoms with E-state index < -0.39 is 0 Å². The molecule has 3 nitrogen and oxygen atoms in total. The van der Waals surface area contributed by atoms with Crippen LogP contribution < -0.4 is 5.32 Å². The summed E-state index contributed by atoms with van der Waals surface area (Å²) in [5.41, 5.74) is 0. The van der Waals surface area contributed by atoms with E-state index in [1.807, 2.05) is 11.3 Å². The predicted octanol–water partition coefficient (Wildman–Crippen LogP) is 1.37. The van der Waals surface area contributed by atoms with Crippen molar-refractivity contribution in [2.45, 2.75) is 6.42 Å². The minimum Gasteiger partial charge on any atom is -0.315 e. The fourth-order valence-electron chi connectivity index (χ4n) is 1.54. The summed E-state index contributed by atoms with van der Waals surface area (Å²) in [6, 6.07) is 4.32. The molecule has 0 saturated carbocycles. The normalized spacial score (nSPS) is 11.6. The topological polar surface area (TPSA) is 18.5 Å². The van der Waals surface area contributed by atoms with E-state index >= 15 is 0 Å². The molecule has 0 saturated heterocycles. The Hall–Kier alpha value is -0.420. The molecule has 1 heterocycles. The van der Waals surface area contributed by atoms with Crippen LogP contribution in [0.4, 0.5) is 0 Å². The van der Waals surface area contributed by atoms with Crippen molar-refractivity contribution in [1.82, 2.24) is 15.1 Å². The van der Waals surface area contributed by atoms with E-state index in [1.54, 1.807) is 0 Å². The van der Waals surface area contributed by atoms with Gasteiger partial charge in [0.2, 0.25) is 0 Å². The molecule has 1 aromatic rings. The second-order valence-electron chi connectivity index (χ2n) is 4.69. The Bertz CT molecular complexity index is 272. The van der Waals surface area contributed by atoms with E-state index in [-0.39, 0.29) is 0 Å². The third kappa shape index (κ3) is 7.49. The molecule has 1 rings (SSSR count). The number of thiophene rings is 1. The van der Waals surface area contributed by atoms with Crippen molar-refractivity contribution in [2.24, 2.45) is 0 Å². The summed E-state index contributed by atoms with van der Waals surface area (Å²) in [5.74, 6) is 0. The molecule has 0 radical (unpaired) electrons. The summed E-state index contributed by atoms with van der Waals surface area (Å²) >= 11 is 1.84.